The quantitative estimate of drug-likeness (QED) is 0.427. The molecule has 0 aliphatic heterocycles. The SMILES string of the molecule is COC(=O)[C@H]1CC=CC[C@H]1CCC(C)(C)[Si](O)(c1ccccc1)c1ccccc1. The number of rotatable bonds is 7. The zero-order chi connectivity index (χ0) is 20.9. The van der Waals surface area contributed by atoms with Crippen LogP contribution in [0, 0.1) is 11.8 Å². The van der Waals surface area contributed by atoms with Crippen LogP contribution in [0.4, 0.5) is 0 Å². The van der Waals surface area contributed by atoms with E-state index in [1.54, 1.807) is 0 Å². The number of methoxy groups -OCH3 is 1. The molecular formula is C25H32O3Si. The first-order chi connectivity index (χ1) is 13.9. The van der Waals surface area contributed by atoms with Gasteiger partial charge in [0.1, 0.15) is 0 Å². The third kappa shape index (κ3) is 4.38. The topological polar surface area (TPSA) is 46.5 Å². The van der Waals surface area contributed by atoms with E-state index in [1.165, 1.54) is 7.11 Å². The fourth-order valence-electron chi connectivity index (χ4n) is 4.66. The highest BCUT2D eigenvalue weighted by Gasteiger charge is 2.50. The number of benzene rings is 2. The van der Waals surface area contributed by atoms with Gasteiger partial charge in [0.25, 0.3) is 8.32 Å². The number of esters is 1. The van der Waals surface area contributed by atoms with Gasteiger partial charge in [-0.05, 0) is 47.0 Å². The van der Waals surface area contributed by atoms with Crippen molar-refractivity contribution in [3.63, 3.8) is 0 Å². The van der Waals surface area contributed by atoms with Crippen LogP contribution in [-0.4, -0.2) is 26.2 Å². The Hall–Kier alpha value is -2.17. The Kier molecular flexibility index (Phi) is 6.76. The van der Waals surface area contributed by atoms with E-state index in [2.05, 4.69) is 50.3 Å². The molecule has 0 saturated carbocycles. The molecule has 0 bridgehead atoms. The molecule has 1 aliphatic carbocycles. The lowest BCUT2D eigenvalue weighted by atomic mass is 9.79. The summed E-state index contributed by atoms with van der Waals surface area (Å²) in [5.41, 5.74) is 0. The van der Waals surface area contributed by atoms with Gasteiger partial charge < -0.3 is 9.53 Å². The first kappa shape index (κ1) is 21.5. The summed E-state index contributed by atoms with van der Waals surface area (Å²) >= 11 is 0. The molecule has 2 aromatic carbocycles. The molecule has 2 atom stereocenters. The van der Waals surface area contributed by atoms with Crippen molar-refractivity contribution in [1.29, 1.82) is 0 Å². The van der Waals surface area contributed by atoms with Gasteiger partial charge in [0.15, 0.2) is 0 Å². The number of carbonyl (C=O) groups is 1. The normalized spacial score (nSPS) is 19.7. The lowest BCUT2D eigenvalue weighted by molar-refractivity contribution is -0.147. The molecule has 0 unspecified atom stereocenters. The van der Waals surface area contributed by atoms with Crippen LogP contribution in [0.15, 0.2) is 72.8 Å². The number of carbonyl (C=O) groups excluding carboxylic acids is 1. The van der Waals surface area contributed by atoms with Crippen molar-refractivity contribution in [3.05, 3.63) is 72.8 Å². The second kappa shape index (κ2) is 9.10. The summed E-state index contributed by atoms with van der Waals surface area (Å²) in [6.07, 6.45) is 7.65. The smallest absolute Gasteiger partial charge is 0.309 e. The van der Waals surface area contributed by atoms with Crippen molar-refractivity contribution in [2.75, 3.05) is 7.11 Å². The monoisotopic (exact) mass is 408 g/mol. The van der Waals surface area contributed by atoms with E-state index < -0.39 is 8.32 Å². The predicted octanol–water partition coefficient (Wildman–Crippen LogP) is 4.05. The Bertz CT molecular complexity index is 790. The van der Waals surface area contributed by atoms with Crippen molar-refractivity contribution in [2.24, 2.45) is 11.8 Å². The second-order valence-electron chi connectivity index (χ2n) is 8.70. The molecule has 1 N–H and O–H groups in total. The lowest BCUT2D eigenvalue weighted by Gasteiger charge is -2.42. The van der Waals surface area contributed by atoms with Crippen molar-refractivity contribution in [1.82, 2.24) is 0 Å². The van der Waals surface area contributed by atoms with Gasteiger partial charge >= 0.3 is 5.97 Å². The van der Waals surface area contributed by atoms with Gasteiger partial charge in [0, 0.05) is 0 Å². The third-order valence-corrected chi connectivity index (χ3v) is 11.1. The number of hydrogen-bond acceptors (Lipinski definition) is 3. The summed E-state index contributed by atoms with van der Waals surface area (Å²) in [5.74, 6) is 0.0660. The highest BCUT2D eigenvalue weighted by Crippen LogP contribution is 2.43. The van der Waals surface area contributed by atoms with Crippen LogP contribution < -0.4 is 10.4 Å². The van der Waals surface area contributed by atoms with Crippen molar-refractivity contribution >= 4 is 24.7 Å². The molecule has 29 heavy (non-hydrogen) atoms. The van der Waals surface area contributed by atoms with Crippen LogP contribution in [0.5, 0.6) is 0 Å². The number of allylic oxidation sites excluding steroid dienone is 2. The molecule has 0 aromatic heterocycles. The standard InChI is InChI=1S/C25H32O3Si/c1-25(2,19-18-20-12-10-11-17-23(20)24(26)28-3)29(27,21-13-6-4-7-14-21)22-15-8-5-9-16-22/h4-11,13-16,20,23,27H,12,17-19H2,1-3H3/t20-,23-/m0/s1. The fraction of sp³-hybridized carbons (Fsp3) is 0.400. The van der Waals surface area contributed by atoms with Crippen LogP contribution in [0.2, 0.25) is 5.04 Å². The first-order valence-electron chi connectivity index (χ1n) is 10.5. The maximum atomic E-state index is 12.3. The maximum absolute atomic E-state index is 12.3. The summed E-state index contributed by atoms with van der Waals surface area (Å²) in [6.45, 7) is 4.37. The van der Waals surface area contributed by atoms with Gasteiger partial charge in [0.05, 0.1) is 13.0 Å². The molecule has 154 valence electrons. The highest BCUT2D eigenvalue weighted by atomic mass is 28.4. The van der Waals surface area contributed by atoms with E-state index in [-0.39, 0.29) is 22.8 Å². The summed E-state index contributed by atoms with van der Waals surface area (Å²) in [7, 11) is -1.54. The lowest BCUT2D eigenvalue weighted by Crippen LogP contribution is -2.65. The molecule has 3 rings (SSSR count). The minimum absolute atomic E-state index is 0.0796. The number of hydrogen-bond donors (Lipinski definition) is 1. The Morgan fingerprint density at radius 3 is 2.03 bits per heavy atom. The second-order valence-corrected chi connectivity index (χ2v) is 12.6. The van der Waals surface area contributed by atoms with Gasteiger partial charge in [-0.1, -0.05) is 86.7 Å². The molecule has 2 aromatic rings. The van der Waals surface area contributed by atoms with E-state index in [9.17, 15) is 9.59 Å². The van der Waals surface area contributed by atoms with Crippen LogP contribution in [0.3, 0.4) is 0 Å². The Balaban J connectivity index is 1.89. The Morgan fingerprint density at radius 1 is 1.00 bits per heavy atom. The average molecular weight is 409 g/mol. The molecule has 1 aliphatic rings. The summed E-state index contributed by atoms with van der Waals surface area (Å²) in [6, 6.07) is 20.2. The molecule has 0 amide bonds. The Morgan fingerprint density at radius 2 is 1.52 bits per heavy atom. The van der Waals surface area contributed by atoms with Crippen LogP contribution in [-0.2, 0) is 9.53 Å². The van der Waals surface area contributed by atoms with Crippen molar-refractivity contribution in [2.45, 2.75) is 44.6 Å². The fourth-order valence-corrected chi connectivity index (χ4v) is 8.42. The van der Waals surface area contributed by atoms with Crippen molar-refractivity contribution < 1.29 is 14.3 Å². The zero-order valence-corrected chi connectivity index (χ0v) is 18.7. The number of ether oxygens (including phenoxy) is 1. The molecule has 0 saturated heterocycles. The molecule has 0 heterocycles. The third-order valence-electron chi connectivity index (χ3n) is 6.57. The van der Waals surface area contributed by atoms with E-state index in [1.807, 2.05) is 36.4 Å². The van der Waals surface area contributed by atoms with E-state index in [0.29, 0.717) is 0 Å². The van der Waals surface area contributed by atoms with E-state index in [0.717, 1.165) is 36.1 Å². The van der Waals surface area contributed by atoms with E-state index >= 15 is 0 Å². The minimum atomic E-state index is -3.01. The minimum Gasteiger partial charge on any atom is -0.469 e. The molecule has 3 nitrogen and oxygen atoms in total. The molecule has 0 spiro atoms. The maximum Gasteiger partial charge on any atom is 0.309 e. The summed E-state index contributed by atoms with van der Waals surface area (Å²) in [5, 5.41) is 1.77. The summed E-state index contributed by atoms with van der Waals surface area (Å²) < 4.78 is 5.04. The highest BCUT2D eigenvalue weighted by molar-refractivity contribution is 6.98. The van der Waals surface area contributed by atoms with Crippen molar-refractivity contribution in [3.8, 4) is 0 Å². The van der Waals surface area contributed by atoms with Gasteiger partial charge in [-0.3, -0.25) is 4.79 Å². The van der Waals surface area contributed by atoms with Crippen LogP contribution in [0.1, 0.15) is 39.5 Å². The summed E-state index contributed by atoms with van der Waals surface area (Å²) in [4.78, 5) is 24.5. The average Bonchev–Trinajstić information content (AvgIpc) is 2.78. The first-order valence-corrected chi connectivity index (χ1v) is 12.4. The van der Waals surface area contributed by atoms with Crippen LogP contribution in [0.25, 0.3) is 0 Å². The van der Waals surface area contributed by atoms with Gasteiger partial charge in [-0.2, -0.15) is 0 Å². The van der Waals surface area contributed by atoms with E-state index in [4.69, 9.17) is 4.74 Å². The van der Waals surface area contributed by atoms with Gasteiger partial charge in [0.2, 0.25) is 0 Å². The molecule has 0 radical (unpaired) electrons. The molecule has 4 heteroatoms. The zero-order valence-electron chi connectivity index (χ0n) is 17.7. The predicted molar refractivity (Wildman–Crippen MR) is 121 cm³/mol. The largest absolute Gasteiger partial charge is 0.469 e. The molecular weight excluding hydrogens is 376 g/mol. The van der Waals surface area contributed by atoms with Gasteiger partial charge in [-0.15, -0.1) is 0 Å². The Labute approximate surface area is 175 Å². The molecule has 0 fully saturated rings. The van der Waals surface area contributed by atoms with Gasteiger partial charge in [-0.25, -0.2) is 0 Å². The van der Waals surface area contributed by atoms with Crippen LogP contribution >= 0.6 is 0 Å².